The lowest BCUT2D eigenvalue weighted by atomic mass is 10.2. The van der Waals surface area contributed by atoms with Gasteiger partial charge in [0, 0.05) is 6.54 Å². The van der Waals surface area contributed by atoms with Gasteiger partial charge in [-0.15, -0.1) is 0 Å². The quantitative estimate of drug-likeness (QED) is 0.825. The van der Waals surface area contributed by atoms with Crippen molar-refractivity contribution in [3.05, 3.63) is 54.0 Å². The van der Waals surface area contributed by atoms with Crippen LogP contribution in [-0.4, -0.2) is 13.2 Å². The molecule has 2 aromatic rings. The molecule has 1 N–H and O–H groups in total. The Hall–Kier alpha value is -1.95. The van der Waals surface area contributed by atoms with Crippen molar-refractivity contribution >= 4 is 0 Å². The Morgan fingerprint density at radius 3 is 2.70 bits per heavy atom. The molecule has 108 valence electrons. The average molecular weight is 285 g/mol. The van der Waals surface area contributed by atoms with E-state index in [1.165, 1.54) is 12.1 Å². The lowest BCUT2D eigenvalue weighted by Crippen LogP contribution is -2.20. The van der Waals surface area contributed by atoms with Crippen molar-refractivity contribution in [3.63, 3.8) is 0 Å². The first-order chi connectivity index (χ1) is 9.55. The molecule has 1 aromatic heterocycles. The highest BCUT2D eigenvalue weighted by atomic mass is 19.4. The summed E-state index contributed by atoms with van der Waals surface area (Å²) in [5.41, 5.74) is -0.710. The fraction of sp³-hybridized carbons (Fsp3) is 0.286. The number of nitrogens with one attached hydrogen (secondary N) is 1. The van der Waals surface area contributed by atoms with Gasteiger partial charge in [0.15, 0.2) is 0 Å². The van der Waals surface area contributed by atoms with Crippen molar-refractivity contribution in [3.8, 4) is 5.75 Å². The molecule has 0 aliphatic rings. The Morgan fingerprint density at radius 2 is 2.00 bits per heavy atom. The second kappa shape index (κ2) is 6.47. The van der Waals surface area contributed by atoms with E-state index in [1.807, 2.05) is 6.07 Å². The maximum atomic E-state index is 12.5. The zero-order valence-corrected chi connectivity index (χ0v) is 10.6. The Kier molecular flexibility index (Phi) is 4.68. The van der Waals surface area contributed by atoms with Gasteiger partial charge in [-0.1, -0.05) is 6.07 Å². The molecule has 0 unspecified atom stereocenters. The van der Waals surface area contributed by atoms with Gasteiger partial charge in [-0.2, -0.15) is 13.2 Å². The van der Waals surface area contributed by atoms with Gasteiger partial charge in [0.25, 0.3) is 0 Å². The molecular formula is C14H14F3NO2. The van der Waals surface area contributed by atoms with Crippen LogP contribution in [0.2, 0.25) is 0 Å². The minimum Gasteiger partial charge on any atom is -0.492 e. The third-order valence-electron chi connectivity index (χ3n) is 2.59. The van der Waals surface area contributed by atoms with Gasteiger partial charge >= 0.3 is 6.18 Å². The monoisotopic (exact) mass is 285 g/mol. The van der Waals surface area contributed by atoms with Gasteiger partial charge in [0.1, 0.15) is 18.1 Å². The van der Waals surface area contributed by atoms with Crippen LogP contribution in [0, 0.1) is 0 Å². The van der Waals surface area contributed by atoms with E-state index in [0.717, 1.165) is 17.9 Å². The molecular weight excluding hydrogens is 271 g/mol. The lowest BCUT2D eigenvalue weighted by Gasteiger charge is -2.10. The van der Waals surface area contributed by atoms with Crippen LogP contribution in [0.4, 0.5) is 13.2 Å². The van der Waals surface area contributed by atoms with E-state index in [9.17, 15) is 13.2 Å². The fourth-order valence-electron chi connectivity index (χ4n) is 1.63. The predicted octanol–water partition coefficient (Wildman–Crippen LogP) is 3.47. The van der Waals surface area contributed by atoms with Gasteiger partial charge in [-0.3, -0.25) is 0 Å². The molecule has 0 spiro atoms. The first kappa shape index (κ1) is 14.5. The minimum atomic E-state index is -4.35. The van der Waals surface area contributed by atoms with Gasteiger partial charge in [0.2, 0.25) is 0 Å². The lowest BCUT2D eigenvalue weighted by molar-refractivity contribution is -0.137. The summed E-state index contributed by atoms with van der Waals surface area (Å²) in [6.45, 7) is 1.35. The number of ether oxygens (including phenoxy) is 1. The summed E-state index contributed by atoms with van der Waals surface area (Å²) >= 11 is 0. The van der Waals surface area contributed by atoms with Crippen molar-refractivity contribution in [1.29, 1.82) is 0 Å². The van der Waals surface area contributed by atoms with Crippen LogP contribution in [0.3, 0.4) is 0 Å². The normalized spacial score (nSPS) is 11.6. The van der Waals surface area contributed by atoms with Crippen molar-refractivity contribution in [2.75, 3.05) is 13.2 Å². The average Bonchev–Trinajstić information content (AvgIpc) is 2.91. The van der Waals surface area contributed by atoms with Crippen molar-refractivity contribution < 1.29 is 22.3 Å². The summed E-state index contributed by atoms with van der Waals surface area (Å²) in [6, 6.07) is 8.46. The molecule has 1 aromatic carbocycles. The van der Waals surface area contributed by atoms with Crippen LogP contribution in [0.1, 0.15) is 11.3 Å². The number of rotatable bonds is 6. The molecule has 0 bridgehead atoms. The van der Waals surface area contributed by atoms with Crippen LogP contribution < -0.4 is 10.1 Å². The molecule has 0 aliphatic carbocycles. The van der Waals surface area contributed by atoms with Crippen molar-refractivity contribution in [1.82, 2.24) is 5.32 Å². The van der Waals surface area contributed by atoms with Gasteiger partial charge in [-0.25, -0.2) is 0 Å². The highest BCUT2D eigenvalue weighted by molar-refractivity contribution is 5.30. The SMILES string of the molecule is FC(F)(F)c1cccc(OCCNCc2ccco2)c1. The number of furan rings is 1. The summed E-state index contributed by atoms with van der Waals surface area (Å²) in [4.78, 5) is 0. The van der Waals surface area contributed by atoms with E-state index in [0.29, 0.717) is 13.1 Å². The number of hydrogen-bond acceptors (Lipinski definition) is 3. The van der Waals surface area contributed by atoms with Crippen LogP contribution in [0.15, 0.2) is 47.1 Å². The van der Waals surface area contributed by atoms with Crippen LogP contribution in [0.5, 0.6) is 5.75 Å². The number of benzene rings is 1. The Bertz CT molecular complexity index is 523. The summed E-state index contributed by atoms with van der Waals surface area (Å²) < 4.78 is 47.9. The number of halogens is 3. The first-order valence-electron chi connectivity index (χ1n) is 6.09. The summed E-state index contributed by atoms with van der Waals surface area (Å²) in [6.07, 6.45) is -2.77. The maximum Gasteiger partial charge on any atom is 0.416 e. The largest absolute Gasteiger partial charge is 0.492 e. The van der Waals surface area contributed by atoms with Crippen molar-refractivity contribution in [2.45, 2.75) is 12.7 Å². The van der Waals surface area contributed by atoms with Crippen LogP contribution in [0.25, 0.3) is 0 Å². The van der Waals surface area contributed by atoms with Gasteiger partial charge in [-0.05, 0) is 30.3 Å². The molecule has 0 atom stereocenters. The van der Waals surface area contributed by atoms with E-state index in [1.54, 1.807) is 12.3 Å². The zero-order valence-electron chi connectivity index (χ0n) is 10.6. The smallest absolute Gasteiger partial charge is 0.416 e. The standard InChI is InChI=1S/C14H14F3NO2/c15-14(16,17)11-3-1-4-12(9-11)20-8-6-18-10-13-5-2-7-19-13/h1-5,7,9,18H,6,8,10H2. The van der Waals surface area contributed by atoms with E-state index in [4.69, 9.17) is 9.15 Å². The zero-order chi connectivity index (χ0) is 14.4. The molecule has 0 saturated carbocycles. The Balaban J connectivity index is 1.74. The summed E-state index contributed by atoms with van der Waals surface area (Å²) in [5.74, 6) is 1.00. The summed E-state index contributed by atoms with van der Waals surface area (Å²) in [7, 11) is 0. The van der Waals surface area contributed by atoms with E-state index in [-0.39, 0.29) is 12.4 Å². The third-order valence-corrected chi connectivity index (χ3v) is 2.59. The van der Waals surface area contributed by atoms with Crippen molar-refractivity contribution in [2.24, 2.45) is 0 Å². The molecule has 0 amide bonds. The highest BCUT2D eigenvalue weighted by Gasteiger charge is 2.30. The second-order valence-electron chi connectivity index (χ2n) is 4.13. The minimum absolute atomic E-state index is 0.208. The fourth-order valence-corrected chi connectivity index (χ4v) is 1.63. The van der Waals surface area contributed by atoms with Gasteiger partial charge in [0.05, 0.1) is 18.4 Å². The third kappa shape index (κ3) is 4.31. The van der Waals surface area contributed by atoms with E-state index < -0.39 is 11.7 Å². The molecule has 1 heterocycles. The predicted molar refractivity (Wildman–Crippen MR) is 67.4 cm³/mol. The molecule has 3 nitrogen and oxygen atoms in total. The second-order valence-corrected chi connectivity index (χ2v) is 4.13. The molecule has 2 rings (SSSR count). The summed E-state index contributed by atoms with van der Waals surface area (Å²) in [5, 5.41) is 3.06. The van der Waals surface area contributed by atoms with E-state index >= 15 is 0 Å². The molecule has 0 aliphatic heterocycles. The first-order valence-corrected chi connectivity index (χ1v) is 6.09. The Morgan fingerprint density at radius 1 is 1.15 bits per heavy atom. The topological polar surface area (TPSA) is 34.4 Å². The van der Waals surface area contributed by atoms with Gasteiger partial charge < -0.3 is 14.5 Å². The number of alkyl halides is 3. The van der Waals surface area contributed by atoms with E-state index in [2.05, 4.69) is 5.32 Å². The number of hydrogen-bond donors (Lipinski definition) is 1. The van der Waals surface area contributed by atoms with Crippen LogP contribution in [-0.2, 0) is 12.7 Å². The molecule has 0 saturated heterocycles. The Labute approximate surface area is 114 Å². The molecule has 20 heavy (non-hydrogen) atoms. The molecule has 0 fully saturated rings. The highest BCUT2D eigenvalue weighted by Crippen LogP contribution is 2.31. The maximum absolute atomic E-state index is 12.5. The molecule has 0 radical (unpaired) electrons. The molecule has 6 heteroatoms. The van der Waals surface area contributed by atoms with Crippen LogP contribution >= 0.6 is 0 Å².